The molecular formula is C40H71NO6. The maximum atomic E-state index is 12.5. The van der Waals surface area contributed by atoms with E-state index >= 15 is 0 Å². The van der Waals surface area contributed by atoms with E-state index in [1.165, 1.54) is 64.2 Å². The van der Waals surface area contributed by atoms with Crippen LogP contribution < -0.4 is 0 Å². The Morgan fingerprint density at radius 3 is 1.43 bits per heavy atom. The quantitative estimate of drug-likeness (QED) is 0.214. The van der Waals surface area contributed by atoms with Gasteiger partial charge in [-0.15, -0.1) is 0 Å². The first kappa shape index (κ1) is 42.9. The smallest absolute Gasteiger partial charge is 0.308 e. The Bertz CT molecular complexity index is 772. The minimum absolute atomic E-state index is 0.0209. The number of carbonyl (C=O) groups excluding carboxylic acids is 3. The zero-order valence-corrected chi connectivity index (χ0v) is 30.5. The predicted molar refractivity (Wildman–Crippen MR) is 193 cm³/mol. The number of rotatable bonds is 5. The number of ether oxygens (including phenoxy) is 3. The maximum absolute atomic E-state index is 12.5. The molecule has 0 saturated carbocycles. The monoisotopic (exact) mass is 662 g/mol. The summed E-state index contributed by atoms with van der Waals surface area (Å²) in [5.74, 6) is -0.608. The molecule has 0 radical (unpaired) electrons. The van der Waals surface area contributed by atoms with Crippen LogP contribution in [0.1, 0.15) is 180 Å². The van der Waals surface area contributed by atoms with Crippen molar-refractivity contribution in [3.63, 3.8) is 0 Å². The highest BCUT2D eigenvalue weighted by Crippen LogP contribution is 2.18. The molecule has 0 unspecified atom stereocenters. The molecule has 0 amide bonds. The third-order valence-electron chi connectivity index (χ3n) is 8.85. The van der Waals surface area contributed by atoms with E-state index in [2.05, 4.69) is 29.2 Å². The van der Waals surface area contributed by atoms with Crippen LogP contribution in [-0.4, -0.2) is 56.3 Å². The van der Waals surface area contributed by atoms with Gasteiger partial charge in [0, 0.05) is 19.3 Å². The van der Waals surface area contributed by atoms with Gasteiger partial charge in [-0.3, -0.25) is 14.4 Å². The highest BCUT2D eigenvalue weighted by Gasteiger charge is 2.14. The summed E-state index contributed by atoms with van der Waals surface area (Å²) in [5.41, 5.74) is 0. The second kappa shape index (κ2) is 32.4. The van der Waals surface area contributed by atoms with Crippen molar-refractivity contribution >= 4 is 17.9 Å². The van der Waals surface area contributed by atoms with E-state index in [0.29, 0.717) is 19.3 Å². The van der Waals surface area contributed by atoms with E-state index in [9.17, 15) is 14.4 Å². The molecule has 272 valence electrons. The van der Waals surface area contributed by atoms with Crippen molar-refractivity contribution in [2.24, 2.45) is 0 Å². The topological polar surface area (TPSA) is 82.1 Å². The van der Waals surface area contributed by atoms with Crippen molar-refractivity contribution in [1.82, 2.24) is 4.90 Å². The Kier molecular flexibility index (Phi) is 29.6. The molecule has 0 bridgehead atoms. The molecule has 1 rings (SSSR count). The van der Waals surface area contributed by atoms with Gasteiger partial charge < -0.3 is 19.1 Å². The zero-order valence-electron chi connectivity index (χ0n) is 30.5. The van der Waals surface area contributed by atoms with Gasteiger partial charge in [0.1, 0.15) is 6.10 Å². The molecule has 1 aliphatic heterocycles. The number of cyclic esters (lactones) is 2. The highest BCUT2D eigenvalue weighted by molar-refractivity contribution is 5.71. The molecule has 47 heavy (non-hydrogen) atoms. The molecule has 0 fully saturated rings. The fourth-order valence-corrected chi connectivity index (χ4v) is 5.92. The average Bonchev–Trinajstić information content (AvgIpc) is 3.03. The first-order chi connectivity index (χ1) is 23.0. The van der Waals surface area contributed by atoms with Gasteiger partial charge in [0.05, 0.1) is 0 Å². The van der Waals surface area contributed by atoms with Crippen LogP contribution in [0.5, 0.6) is 0 Å². The summed E-state index contributed by atoms with van der Waals surface area (Å²) in [5, 5.41) is 0. The Labute approximate surface area is 288 Å². The van der Waals surface area contributed by atoms with Gasteiger partial charge in [0.25, 0.3) is 0 Å². The third-order valence-corrected chi connectivity index (χ3v) is 8.85. The van der Waals surface area contributed by atoms with Crippen molar-refractivity contribution in [2.75, 3.05) is 27.4 Å². The van der Waals surface area contributed by atoms with Crippen LogP contribution in [0, 0.1) is 0 Å². The molecule has 0 N–H and O–H groups in total. The zero-order chi connectivity index (χ0) is 34.0. The van der Waals surface area contributed by atoms with Crippen molar-refractivity contribution < 1.29 is 28.6 Å². The molecule has 0 atom stereocenters. The molecule has 0 aliphatic carbocycles. The Morgan fingerprint density at radius 1 is 0.617 bits per heavy atom. The Hall–Kier alpha value is -2.15. The number of nitrogens with zero attached hydrogens (tertiary/aromatic N) is 1. The van der Waals surface area contributed by atoms with Gasteiger partial charge in [-0.05, 0) is 117 Å². The highest BCUT2D eigenvalue weighted by atomic mass is 16.7. The van der Waals surface area contributed by atoms with Crippen molar-refractivity contribution in [3.8, 4) is 0 Å². The third kappa shape index (κ3) is 30.9. The number of esters is 3. The van der Waals surface area contributed by atoms with E-state index < -0.39 is 0 Å². The summed E-state index contributed by atoms with van der Waals surface area (Å²) in [4.78, 5) is 38.4. The summed E-state index contributed by atoms with van der Waals surface area (Å²) in [6.45, 7) is 0.655. The van der Waals surface area contributed by atoms with E-state index in [1.54, 1.807) is 0 Å². The van der Waals surface area contributed by atoms with Crippen molar-refractivity contribution in [2.45, 2.75) is 186 Å². The van der Waals surface area contributed by atoms with Gasteiger partial charge in [-0.2, -0.15) is 0 Å². The molecule has 7 heteroatoms. The molecule has 7 nitrogen and oxygen atoms in total. The normalized spacial score (nSPS) is 22.0. The number of carbonyl (C=O) groups is 3. The predicted octanol–water partition coefficient (Wildman–Crippen LogP) is 10.6. The van der Waals surface area contributed by atoms with Crippen molar-refractivity contribution in [1.29, 1.82) is 0 Å². The number of hydrogen-bond acceptors (Lipinski definition) is 7. The van der Waals surface area contributed by atoms with Crippen LogP contribution in [0.25, 0.3) is 0 Å². The first-order valence-electron chi connectivity index (χ1n) is 19.4. The lowest BCUT2D eigenvalue weighted by molar-refractivity contribution is -0.167. The maximum Gasteiger partial charge on any atom is 0.308 e. The molecule has 0 aromatic carbocycles. The SMILES string of the molecule is CN(C)CCCC(=O)OC1CCCCCCCC/C=C\CCCCCC(=O)OCOC(=O)CCCCC/C=C\CCCCCCCC1. The summed E-state index contributed by atoms with van der Waals surface area (Å²) < 4.78 is 16.1. The van der Waals surface area contributed by atoms with Crippen LogP contribution in [0.2, 0.25) is 0 Å². The second-order valence-corrected chi connectivity index (χ2v) is 13.7. The largest absolute Gasteiger partial charge is 0.462 e. The van der Waals surface area contributed by atoms with E-state index in [0.717, 1.165) is 103 Å². The van der Waals surface area contributed by atoms with Gasteiger partial charge >= 0.3 is 17.9 Å². The van der Waals surface area contributed by atoms with E-state index in [-0.39, 0.29) is 30.8 Å². The standard InChI is InChI=1S/C40H71NO6/c1-41(2)35-29-34-40(44)47-37-30-25-21-17-13-9-5-3-7-11-15-19-23-27-32-38(42)45-36-46-39(43)33-28-24-20-16-12-8-4-6-10-14-18-22-26-31-37/h7-8,11-12,37H,3-6,9-10,13-36H2,1-2H3/b11-7-,12-8-. The summed E-state index contributed by atoms with van der Waals surface area (Å²) in [6, 6.07) is 0. The van der Waals surface area contributed by atoms with Gasteiger partial charge in [0.2, 0.25) is 6.79 Å². The lowest BCUT2D eigenvalue weighted by Gasteiger charge is -2.18. The minimum Gasteiger partial charge on any atom is -0.462 e. The van der Waals surface area contributed by atoms with Crippen LogP contribution in [-0.2, 0) is 28.6 Å². The lowest BCUT2D eigenvalue weighted by atomic mass is 10.0. The number of hydrogen-bond donors (Lipinski definition) is 0. The van der Waals surface area contributed by atoms with Gasteiger partial charge in [-0.25, -0.2) is 0 Å². The number of allylic oxidation sites excluding steroid dienone is 4. The lowest BCUT2D eigenvalue weighted by Crippen LogP contribution is -2.20. The Balaban J connectivity index is 2.41. The van der Waals surface area contributed by atoms with Crippen LogP contribution >= 0.6 is 0 Å². The fourth-order valence-electron chi connectivity index (χ4n) is 5.92. The van der Waals surface area contributed by atoms with Crippen LogP contribution in [0.3, 0.4) is 0 Å². The summed E-state index contributed by atoms with van der Waals surface area (Å²) in [7, 11) is 4.09. The Morgan fingerprint density at radius 2 is 1.00 bits per heavy atom. The fraction of sp³-hybridized carbons (Fsp3) is 0.825. The molecule has 1 aliphatic rings. The molecule has 0 aromatic heterocycles. The minimum atomic E-state index is -0.294. The molecular weight excluding hydrogens is 590 g/mol. The first-order valence-corrected chi connectivity index (χ1v) is 19.4. The van der Waals surface area contributed by atoms with Crippen molar-refractivity contribution in [3.05, 3.63) is 24.3 Å². The second-order valence-electron chi connectivity index (χ2n) is 13.7. The molecule has 0 saturated heterocycles. The average molecular weight is 662 g/mol. The molecule has 1 heterocycles. The summed E-state index contributed by atoms with van der Waals surface area (Å²) in [6.07, 6.45) is 38.2. The molecule has 0 spiro atoms. The van der Waals surface area contributed by atoms with Gasteiger partial charge in [-0.1, -0.05) is 88.5 Å². The van der Waals surface area contributed by atoms with E-state index in [4.69, 9.17) is 14.2 Å². The summed E-state index contributed by atoms with van der Waals surface area (Å²) >= 11 is 0. The van der Waals surface area contributed by atoms with Gasteiger partial charge in [0.15, 0.2) is 0 Å². The van der Waals surface area contributed by atoms with Crippen LogP contribution in [0.15, 0.2) is 24.3 Å². The van der Waals surface area contributed by atoms with E-state index in [1.807, 2.05) is 14.1 Å². The van der Waals surface area contributed by atoms with Crippen LogP contribution in [0.4, 0.5) is 0 Å². The molecule has 0 aromatic rings.